The fourth-order valence-corrected chi connectivity index (χ4v) is 6.73. The third kappa shape index (κ3) is 7.39. The van der Waals surface area contributed by atoms with Crippen molar-refractivity contribution >= 4 is 47.9 Å². The topological polar surface area (TPSA) is 142 Å². The summed E-state index contributed by atoms with van der Waals surface area (Å²) in [5.74, 6) is -3.41. The molecule has 2 aliphatic heterocycles. The van der Waals surface area contributed by atoms with E-state index < -0.39 is 49.7 Å². The van der Waals surface area contributed by atoms with Crippen molar-refractivity contribution in [2.45, 2.75) is 96.5 Å². The van der Waals surface area contributed by atoms with E-state index in [0.29, 0.717) is 24.0 Å². The van der Waals surface area contributed by atoms with E-state index in [1.54, 1.807) is 25.3 Å². The number of fused-ring (bicyclic) bond motifs is 2. The van der Waals surface area contributed by atoms with Crippen LogP contribution in [0.15, 0.2) is 6.33 Å². The Morgan fingerprint density at radius 1 is 1.10 bits per heavy atom. The van der Waals surface area contributed by atoms with Crippen LogP contribution in [0.5, 0.6) is 0 Å². The maximum Gasteiger partial charge on any atom is 0.370 e. The molecule has 16 heteroatoms. The van der Waals surface area contributed by atoms with E-state index in [1.807, 2.05) is 13.8 Å². The smallest absolute Gasteiger partial charge is 0.370 e. The van der Waals surface area contributed by atoms with Crippen molar-refractivity contribution < 1.29 is 42.1 Å². The zero-order chi connectivity index (χ0) is 29.8. The molecule has 41 heavy (non-hydrogen) atoms. The molecule has 0 saturated carbocycles. The van der Waals surface area contributed by atoms with Gasteiger partial charge in [-0.3, -0.25) is 9.13 Å². The second kappa shape index (κ2) is 13.9. The summed E-state index contributed by atoms with van der Waals surface area (Å²) in [6, 6.07) is 0. The van der Waals surface area contributed by atoms with Crippen LogP contribution in [0.4, 0.5) is 0 Å². The highest BCUT2D eigenvalue weighted by molar-refractivity contribution is 7.55. The number of nitrogens with zero attached hydrogens (tertiary/aromatic N) is 4. The molecule has 0 aliphatic carbocycles. The number of hydrogen-bond acceptors (Lipinski definition) is 12. The van der Waals surface area contributed by atoms with E-state index in [9.17, 15) is 9.36 Å². The summed E-state index contributed by atoms with van der Waals surface area (Å²) in [7, 11) is -4.08. The summed E-state index contributed by atoms with van der Waals surface area (Å²) in [4.78, 5) is 25.5. The molecule has 0 N–H and O–H groups in total. The third-order valence-corrected chi connectivity index (χ3v) is 8.93. The molecule has 230 valence electrons. The number of unbranched alkanes of at least 4 members (excludes halogenated alkanes) is 2. The molecule has 2 aromatic rings. The summed E-state index contributed by atoms with van der Waals surface area (Å²) in [5.41, 5.74) is 0.682. The molecule has 0 spiro atoms. The van der Waals surface area contributed by atoms with E-state index in [1.165, 1.54) is 6.33 Å². The summed E-state index contributed by atoms with van der Waals surface area (Å²) in [5, 5.41) is 0.0399. The van der Waals surface area contributed by atoms with Crippen LogP contribution in [0.3, 0.4) is 0 Å². The van der Waals surface area contributed by atoms with Crippen molar-refractivity contribution in [3.05, 3.63) is 16.8 Å². The predicted octanol–water partition coefficient (Wildman–Crippen LogP) is 5.28. The van der Waals surface area contributed by atoms with Gasteiger partial charge in [-0.05, 0) is 45.2 Å². The fourth-order valence-electron chi connectivity index (χ4n) is 4.59. The first-order chi connectivity index (χ1) is 19.5. The Hall–Kier alpha value is -1.41. The van der Waals surface area contributed by atoms with Crippen molar-refractivity contribution in [3.8, 4) is 0 Å². The SMILES string of the molecule is CCCCOP(=O)(OCCCC)C(OC[C@H]1O[C@@H](n2cnc3c(Cl)nc(Cl)nc32)[C@@H]2OC(C)(C)O[C@@H]21)C(=O)OCC. The summed E-state index contributed by atoms with van der Waals surface area (Å²) >= 11 is 12.3. The molecule has 2 saturated heterocycles. The van der Waals surface area contributed by atoms with Crippen molar-refractivity contribution in [2.24, 2.45) is 0 Å². The first-order valence-corrected chi connectivity index (χ1v) is 16.1. The number of carbonyl (C=O) groups excluding carboxylic acids is 1. The Labute approximate surface area is 249 Å². The average Bonchev–Trinajstić information content (AvgIpc) is 3.55. The van der Waals surface area contributed by atoms with E-state index in [-0.39, 0.29) is 36.9 Å². The molecule has 0 radical (unpaired) electrons. The van der Waals surface area contributed by atoms with Gasteiger partial charge in [0.05, 0.1) is 32.8 Å². The van der Waals surface area contributed by atoms with Crippen LogP contribution in [0.2, 0.25) is 10.4 Å². The molecule has 2 aliphatic rings. The molecule has 0 aromatic carbocycles. The van der Waals surface area contributed by atoms with Gasteiger partial charge in [0.1, 0.15) is 23.8 Å². The van der Waals surface area contributed by atoms with Gasteiger partial charge in [-0.1, -0.05) is 38.3 Å². The van der Waals surface area contributed by atoms with Crippen molar-refractivity contribution in [2.75, 3.05) is 26.4 Å². The lowest BCUT2D eigenvalue weighted by Gasteiger charge is -2.28. The zero-order valence-corrected chi connectivity index (χ0v) is 26.2. The molecular weight excluding hydrogens is 602 g/mol. The molecule has 2 fully saturated rings. The monoisotopic (exact) mass is 638 g/mol. The lowest BCUT2D eigenvalue weighted by Crippen LogP contribution is -2.37. The van der Waals surface area contributed by atoms with Crippen molar-refractivity contribution in [1.82, 2.24) is 19.5 Å². The molecule has 0 bridgehead atoms. The lowest BCUT2D eigenvalue weighted by atomic mass is 10.1. The van der Waals surface area contributed by atoms with Crippen LogP contribution in [0.25, 0.3) is 11.2 Å². The van der Waals surface area contributed by atoms with Gasteiger partial charge in [-0.2, -0.15) is 4.98 Å². The van der Waals surface area contributed by atoms with Crippen LogP contribution in [0.1, 0.15) is 66.5 Å². The van der Waals surface area contributed by atoms with Crippen LogP contribution in [0, 0.1) is 0 Å². The number of imidazole rings is 1. The Kier molecular flexibility index (Phi) is 11.0. The summed E-state index contributed by atoms with van der Waals surface area (Å²) in [6.45, 7) is 9.27. The van der Waals surface area contributed by atoms with Gasteiger partial charge in [0.25, 0.3) is 5.85 Å². The maximum atomic E-state index is 14.0. The van der Waals surface area contributed by atoms with E-state index in [2.05, 4.69) is 15.0 Å². The van der Waals surface area contributed by atoms with Crippen LogP contribution >= 0.6 is 30.8 Å². The minimum Gasteiger partial charge on any atom is -0.464 e. The number of rotatable bonds is 15. The standard InChI is InChI=1S/C25H37Cl2N4O9P/c1-6-9-11-36-41(33,37-12-10-7-2)23(22(32)34-8-3)35-13-15-17-18(40-25(4,5)39-17)21(38-15)31-14-28-16-19(26)29-24(27)30-20(16)31/h14-15,17-18,21,23H,6-13H2,1-5H3/t15-,17-,18-,21-,23?/m1/s1. The molecular formula is C25H37Cl2N4O9P. The number of halogens is 2. The van der Waals surface area contributed by atoms with Gasteiger partial charge in [-0.25, -0.2) is 14.8 Å². The highest BCUT2D eigenvalue weighted by atomic mass is 35.5. The number of ether oxygens (including phenoxy) is 5. The molecule has 2 aromatic heterocycles. The zero-order valence-electron chi connectivity index (χ0n) is 23.8. The maximum absolute atomic E-state index is 14.0. The van der Waals surface area contributed by atoms with Gasteiger partial charge >= 0.3 is 13.6 Å². The summed E-state index contributed by atoms with van der Waals surface area (Å²) in [6.07, 6.45) is 1.61. The second-order valence-corrected chi connectivity index (χ2v) is 12.8. The summed E-state index contributed by atoms with van der Waals surface area (Å²) < 4.78 is 56.8. The van der Waals surface area contributed by atoms with Gasteiger partial charge in [-0.15, -0.1) is 0 Å². The van der Waals surface area contributed by atoms with Gasteiger partial charge < -0.3 is 32.7 Å². The molecule has 4 heterocycles. The molecule has 13 nitrogen and oxygen atoms in total. The Morgan fingerprint density at radius 2 is 1.76 bits per heavy atom. The largest absolute Gasteiger partial charge is 0.464 e. The lowest BCUT2D eigenvalue weighted by molar-refractivity contribution is -0.203. The number of aromatic nitrogens is 4. The van der Waals surface area contributed by atoms with Crippen LogP contribution in [-0.2, 0) is 42.1 Å². The minimum absolute atomic E-state index is 0.0539. The van der Waals surface area contributed by atoms with E-state index in [0.717, 1.165) is 12.8 Å². The van der Waals surface area contributed by atoms with E-state index in [4.69, 9.17) is 55.9 Å². The van der Waals surface area contributed by atoms with Crippen LogP contribution in [-0.4, -0.2) is 81.9 Å². The molecule has 0 amide bonds. The predicted molar refractivity (Wildman–Crippen MR) is 149 cm³/mol. The minimum atomic E-state index is -4.08. The molecule has 5 atom stereocenters. The number of esters is 1. The number of hydrogen-bond donors (Lipinski definition) is 0. The Balaban J connectivity index is 1.59. The number of carbonyl (C=O) groups is 1. The van der Waals surface area contributed by atoms with Crippen molar-refractivity contribution in [1.29, 1.82) is 0 Å². The normalized spacial score (nSPS) is 24.6. The van der Waals surface area contributed by atoms with Crippen LogP contribution < -0.4 is 0 Å². The highest BCUT2D eigenvalue weighted by Gasteiger charge is 2.57. The average molecular weight is 639 g/mol. The quantitative estimate of drug-likeness (QED) is 0.0822. The van der Waals surface area contributed by atoms with Gasteiger partial charge in [0.2, 0.25) is 5.28 Å². The van der Waals surface area contributed by atoms with Crippen molar-refractivity contribution in [3.63, 3.8) is 0 Å². The first-order valence-electron chi connectivity index (χ1n) is 13.8. The highest BCUT2D eigenvalue weighted by Crippen LogP contribution is 2.55. The molecule has 4 rings (SSSR count). The van der Waals surface area contributed by atoms with E-state index >= 15 is 0 Å². The first kappa shape index (κ1) is 32.5. The Bertz CT molecular complexity index is 1240. The Morgan fingerprint density at radius 3 is 2.39 bits per heavy atom. The second-order valence-electron chi connectivity index (χ2n) is 10.1. The van der Waals surface area contributed by atoms with Gasteiger partial charge in [0, 0.05) is 0 Å². The van der Waals surface area contributed by atoms with Gasteiger partial charge in [0.15, 0.2) is 22.8 Å². The molecule has 1 unspecified atom stereocenters. The third-order valence-electron chi connectivity index (χ3n) is 6.48. The fraction of sp³-hybridized carbons (Fsp3) is 0.760.